The third-order valence-corrected chi connectivity index (χ3v) is 4.53. The van der Waals surface area contributed by atoms with E-state index < -0.39 is 5.91 Å². The van der Waals surface area contributed by atoms with Crippen LogP contribution >= 0.6 is 0 Å². The van der Waals surface area contributed by atoms with Crippen LogP contribution in [0, 0.1) is 25.2 Å². The van der Waals surface area contributed by atoms with Gasteiger partial charge in [0.1, 0.15) is 17.5 Å². The molecule has 2 aromatic carbocycles. The molecule has 0 bridgehead atoms. The molecule has 8 nitrogen and oxygen atoms in total. The van der Waals surface area contributed by atoms with Crippen LogP contribution in [0.4, 0.5) is 5.82 Å². The summed E-state index contributed by atoms with van der Waals surface area (Å²) in [6.07, 6.45) is 1.39. The van der Waals surface area contributed by atoms with Crippen LogP contribution in [-0.2, 0) is 4.79 Å². The molecule has 1 heterocycles. The van der Waals surface area contributed by atoms with E-state index in [9.17, 15) is 15.2 Å². The number of methoxy groups -OCH3 is 2. The number of carbonyl (C=O) groups is 1. The van der Waals surface area contributed by atoms with E-state index in [1.54, 1.807) is 10.7 Å². The molecule has 3 rings (SSSR count). The van der Waals surface area contributed by atoms with Crippen molar-refractivity contribution in [2.45, 2.75) is 13.8 Å². The Labute approximate surface area is 180 Å². The van der Waals surface area contributed by atoms with E-state index in [1.807, 2.05) is 44.2 Å². The summed E-state index contributed by atoms with van der Waals surface area (Å²) in [4.78, 5) is 12.8. The Morgan fingerprint density at radius 1 is 1.13 bits per heavy atom. The summed E-state index contributed by atoms with van der Waals surface area (Å²) in [5.41, 5.74) is 2.93. The van der Waals surface area contributed by atoms with E-state index in [1.165, 1.54) is 32.4 Å². The average molecular weight is 418 g/mol. The molecule has 2 N–H and O–H groups in total. The van der Waals surface area contributed by atoms with Crippen LogP contribution in [0.25, 0.3) is 11.8 Å². The number of anilines is 1. The average Bonchev–Trinajstić information content (AvgIpc) is 3.13. The summed E-state index contributed by atoms with van der Waals surface area (Å²) in [7, 11) is 2.79. The van der Waals surface area contributed by atoms with Crippen molar-refractivity contribution in [3.63, 3.8) is 0 Å². The fraction of sp³-hybridized carbons (Fsp3) is 0.174. The minimum atomic E-state index is -0.596. The zero-order valence-corrected chi connectivity index (χ0v) is 17.6. The van der Waals surface area contributed by atoms with E-state index in [-0.39, 0.29) is 22.8 Å². The summed E-state index contributed by atoms with van der Waals surface area (Å²) in [6, 6.07) is 14.3. The van der Waals surface area contributed by atoms with E-state index in [0.717, 1.165) is 11.3 Å². The van der Waals surface area contributed by atoms with Gasteiger partial charge in [-0.05, 0) is 49.8 Å². The smallest absolute Gasteiger partial charge is 0.267 e. The van der Waals surface area contributed by atoms with Gasteiger partial charge in [0.2, 0.25) is 5.75 Å². The van der Waals surface area contributed by atoms with E-state index in [0.29, 0.717) is 17.1 Å². The van der Waals surface area contributed by atoms with Gasteiger partial charge in [0.05, 0.1) is 25.6 Å². The van der Waals surface area contributed by atoms with Gasteiger partial charge in [0, 0.05) is 6.07 Å². The first kappa shape index (κ1) is 21.5. The Kier molecular flexibility index (Phi) is 6.26. The minimum absolute atomic E-state index is 0.135. The molecule has 158 valence electrons. The molecule has 0 radical (unpaired) electrons. The number of rotatable bonds is 6. The van der Waals surface area contributed by atoms with Crippen molar-refractivity contribution >= 4 is 17.8 Å². The molecular formula is C23H22N4O4. The van der Waals surface area contributed by atoms with Crippen LogP contribution in [0.3, 0.4) is 0 Å². The van der Waals surface area contributed by atoms with Gasteiger partial charge >= 0.3 is 0 Å². The first-order chi connectivity index (χ1) is 14.9. The van der Waals surface area contributed by atoms with Gasteiger partial charge in [-0.15, -0.1) is 0 Å². The lowest BCUT2D eigenvalue weighted by Gasteiger charge is -2.10. The van der Waals surface area contributed by atoms with Crippen molar-refractivity contribution in [2.24, 2.45) is 0 Å². The third kappa shape index (κ3) is 4.67. The predicted molar refractivity (Wildman–Crippen MR) is 116 cm³/mol. The van der Waals surface area contributed by atoms with Crippen LogP contribution in [0.2, 0.25) is 0 Å². The molecule has 3 aromatic rings. The Balaban J connectivity index is 1.93. The Morgan fingerprint density at radius 3 is 2.29 bits per heavy atom. The lowest BCUT2D eigenvalue weighted by molar-refractivity contribution is -0.112. The molecule has 31 heavy (non-hydrogen) atoms. The van der Waals surface area contributed by atoms with Crippen LogP contribution in [0.15, 0.2) is 48.0 Å². The maximum absolute atomic E-state index is 12.8. The van der Waals surface area contributed by atoms with Crippen LogP contribution in [0.5, 0.6) is 17.2 Å². The van der Waals surface area contributed by atoms with Gasteiger partial charge < -0.3 is 19.9 Å². The quantitative estimate of drug-likeness (QED) is 0.466. The number of nitrogens with one attached hydrogen (secondary N) is 1. The Morgan fingerprint density at radius 2 is 1.74 bits per heavy atom. The first-order valence-corrected chi connectivity index (χ1v) is 9.38. The number of carbonyl (C=O) groups excluding carboxylic acids is 1. The molecule has 8 heteroatoms. The number of aryl methyl sites for hydroxylation is 2. The SMILES string of the molecule is COc1cc(/C=C(\C#N)C(=O)Nc2cc(C)nn2-c2ccc(C)cc2)cc(OC)c1O. The zero-order valence-electron chi connectivity index (χ0n) is 17.6. The molecule has 1 aromatic heterocycles. The summed E-state index contributed by atoms with van der Waals surface area (Å²) in [6.45, 7) is 3.80. The summed E-state index contributed by atoms with van der Waals surface area (Å²) < 4.78 is 11.8. The fourth-order valence-electron chi connectivity index (χ4n) is 2.97. The van der Waals surface area contributed by atoms with Crippen molar-refractivity contribution in [3.05, 3.63) is 64.9 Å². The molecule has 0 saturated heterocycles. The van der Waals surface area contributed by atoms with Crippen LogP contribution < -0.4 is 14.8 Å². The van der Waals surface area contributed by atoms with Crippen molar-refractivity contribution in [1.82, 2.24) is 9.78 Å². The van der Waals surface area contributed by atoms with E-state index in [2.05, 4.69) is 10.4 Å². The van der Waals surface area contributed by atoms with E-state index >= 15 is 0 Å². The Bertz CT molecular complexity index is 1160. The number of hydrogen-bond acceptors (Lipinski definition) is 6. The second kappa shape index (κ2) is 9.05. The molecule has 1 amide bonds. The summed E-state index contributed by atoms with van der Waals surface area (Å²) in [5, 5.41) is 26.8. The summed E-state index contributed by atoms with van der Waals surface area (Å²) >= 11 is 0. The third-order valence-electron chi connectivity index (χ3n) is 4.53. The number of phenolic OH excluding ortho intramolecular Hbond substituents is 1. The second-order valence-electron chi connectivity index (χ2n) is 6.82. The molecule has 0 spiro atoms. The van der Waals surface area contributed by atoms with Crippen molar-refractivity contribution in [2.75, 3.05) is 19.5 Å². The standard InChI is InChI=1S/C23H22N4O4/c1-14-5-7-18(8-6-14)27-21(9-15(2)26-27)25-23(29)17(13-24)10-16-11-19(30-3)22(28)20(12-16)31-4/h5-12,28H,1-4H3,(H,25,29)/b17-10+. The Hall–Kier alpha value is -4.25. The number of benzene rings is 2. The minimum Gasteiger partial charge on any atom is -0.502 e. The topological polar surface area (TPSA) is 109 Å². The number of hydrogen-bond donors (Lipinski definition) is 2. The highest BCUT2D eigenvalue weighted by atomic mass is 16.5. The van der Waals surface area contributed by atoms with Crippen molar-refractivity contribution in [1.29, 1.82) is 5.26 Å². The van der Waals surface area contributed by atoms with Crippen molar-refractivity contribution < 1.29 is 19.4 Å². The van der Waals surface area contributed by atoms with Crippen molar-refractivity contribution in [3.8, 4) is 29.0 Å². The fourth-order valence-corrected chi connectivity index (χ4v) is 2.97. The number of nitriles is 1. The number of aromatic hydroxyl groups is 1. The van der Waals surface area contributed by atoms with Crippen LogP contribution in [0.1, 0.15) is 16.8 Å². The number of nitrogens with zero attached hydrogens (tertiary/aromatic N) is 3. The molecule has 0 fully saturated rings. The monoisotopic (exact) mass is 418 g/mol. The molecule has 0 aliphatic heterocycles. The first-order valence-electron chi connectivity index (χ1n) is 9.38. The van der Waals surface area contributed by atoms with Gasteiger partial charge in [-0.2, -0.15) is 10.4 Å². The largest absolute Gasteiger partial charge is 0.502 e. The second-order valence-corrected chi connectivity index (χ2v) is 6.82. The molecule has 0 aliphatic carbocycles. The number of aromatic nitrogens is 2. The van der Waals surface area contributed by atoms with E-state index in [4.69, 9.17) is 9.47 Å². The highest BCUT2D eigenvalue weighted by Crippen LogP contribution is 2.37. The number of phenols is 1. The maximum atomic E-state index is 12.8. The van der Waals surface area contributed by atoms with Gasteiger partial charge in [-0.25, -0.2) is 4.68 Å². The predicted octanol–water partition coefficient (Wildman–Crippen LogP) is 3.76. The molecule has 0 saturated carbocycles. The van der Waals surface area contributed by atoms with Gasteiger partial charge in [-0.1, -0.05) is 17.7 Å². The van der Waals surface area contributed by atoms with Gasteiger partial charge in [0.15, 0.2) is 11.5 Å². The normalized spacial score (nSPS) is 11.0. The lowest BCUT2D eigenvalue weighted by atomic mass is 10.1. The molecular weight excluding hydrogens is 396 g/mol. The zero-order chi connectivity index (χ0) is 22.5. The maximum Gasteiger partial charge on any atom is 0.267 e. The summed E-state index contributed by atoms with van der Waals surface area (Å²) in [5.74, 6) is 0.00506. The van der Waals surface area contributed by atoms with Gasteiger partial charge in [-0.3, -0.25) is 4.79 Å². The molecule has 0 atom stereocenters. The number of amides is 1. The van der Waals surface area contributed by atoms with Crippen LogP contribution in [-0.4, -0.2) is 35.0 Å². The molecule has 0 unspecified atom stereocenters. The highest BCUT2D eigenvalue weighted by molar-refractivity contribution is 6.09. The van der Waals surface area contributed by atoms with Gasteiger partial charge in [0.25, 0.3) is 5.91 Å². The molecule has 0 aliphatic rings. The highest BCUT2D eigenvalue weighted by Gasteiger charge is 2.16. The number of ether oxygens (including phenoxy) is 2. The lowest BCUT2D eigenvalue weighted by Crippen LogP contribution is -2.16.